The van der Waals surface area contributed by atoms with Crippen molar-refractivity contribution < 1.29 is 18.3 Å². The third-order valence-corrected chi connectivity index (χ3v) is 3.08. The Balaban J connectivity index is 2.84. The van der Waals surface area contributed by atoms with Crippen LogP contribution in [0.25, 0.3) is 0 Å². The van der Waals surface area contributed by atoms with Gasteiger partial charge in [-0.25, -0.2) is 8.78 Å². The van der Waals surface area contributed by atoms with Crippen LogP contribution in [0, 0.1) is 17.0 Å². The van der Waals surface area contributed by atoms with E-state index in [9.17, 15) is 13.6 Å². The molecule has 0 bridgehead atoms. The molecule has 1 rings (SSSR count). The monoisotopic (exact) mass is 321 g/mol. The average Bonchev–Trinajstić information content (AvgIpc) is 2.26. The molecular weight excluding hydrogens is 308 g/mol. The number of methoxy groups -OCH3 is 1. The number of halogens is 3. The van der Waals surface area contributed by atoms with Crippen LogP contribution in [-0.2, 0) is 9.53 Å². The lowest BCUT2D eigenvalue weighted by Crippen LogP contribution is -2.33. The van der Waals surface area contributed by atoms with Gasteiger partial charge in [-0.2, -0.15) is 0 Å². The van der Waals surface area contributed by atoms with Gasteiger partial charge in [-0.05, 0) is 35.8 Å². The molecule has 0 amide bonds. The molecular formula is C12H14BrF2NO2. The van der Waals surface area contributed by atoms with Gasteiger partial charge in [0.1, 0.15) is 11.6 Å². The van der Waals surface area contributed by atoms with Gasteiger partial charge in [-0.3, -0.25) is 4.79 Å². The summed E-state index contributed by atoms with van der Waals surface area (Å²) >= 11 is 3.06. The van der Waals surface area contributed by atoms with Crippen molar-refractivity contribution in [2.75, 3.05) is 19.0 Å². The zero-order valence-electron chi connectivity index (χ0n) is 10.3. The number of nitrogens with one attached hydrogen (secondary N) is 1. The Morgan fingerprint density at radius 1 is 1.44 bits per heavy atom. The van der Waals surface area contributed by atoms with Gasteiger partial charge in [0, 0.05) is 17.1 Å². The zero-order chi connectivity index (χ0) is 13.9. The van der Waals surface area contributed by atoms with Gasteiger partial charge in [-0.1, -0.05) is 0 Å². The van der Waals surface area contributed by atoms with Crippen molar-refractivity contribution in [2.45, 2.75) is 13.8 Å². The molecule has 18 heavy (non-hydrogen) atoms. The standard InChI is InChI=1S/C12H14BrF2NO2/c1-12(2,11(17)18-3)6-16-10-8(13)4-7(14)5-9(10)15/h4-5,16H,6H2,1-3H3. The smallest absolute Gasteiger partial charge is 0.313 e. The molecule has 0 aliphatic carbocycles. The van der Waals surface area contributed by atoms with Crippen molar-refractivity contribution in [3.05, 3.63) is 28.2 Å². The summed E-state index contributed by atoms with van der Waals surface area (Å²) in [5, 5.41) is 2.77. The second kappa shape index (κ2) is 5.65. The van der Waals surface area contributed by atoms with E-state index in [2.05, 4.69) is 26.0 Å². The van der Waals surface area contributed by atoms with Crippen LogP contribution in [0.4, 0.5) is 14.5 Å². The highest BCUT2D eigenvalue weighted by atomic mass is 79.9. The molecule has 0 saturated heterocycles. The first-order valence-electron chi connectivity index (χ1n) is 5.25. The minimum absolute atomic E-state index is 0.119. The number of carbonyl (C=O) groups excluding carboxylic acids is 1. The molecule has 0 fully saturated rings. The lowest BCUT2D eigenvalue weighted by atomic mass is 9.93. The Bertz CT molecular complexity index is 440. The van der Waals surface area contributed by atoms with Crippen molar-refractivity contribution in [2.24, 2.45) is 5.41 Å². The molecule has 0 unspecified atom stereocenters. The van der Waals surface area contributed by atoms with Crippen LogP contribution in [0.15, 0.2) is 16.6 Å². The van der Waals surface area contributed by atoms with E-state index in [4.69, 9.17) is 0 Å². The van der Waals surface area contributed by atoms with Crippen LogP contribution in [0.2, 0.25) is 0 Å². The molecule has 1 N–H and O–H groups in total. The van der Waals surface area contributed by atoms with Crippen LogP contribution in [-0.4, -0.2) is 19.6 Å². The second-order valence-corrected chi connectivity index (χ2v) is 5.33. The van der Waals surface area contributed by atoms with E-state index in [0.29, 0.717) is 0 Å². The minimum Gasteiger partial charge on any atom is -0.469 e. The van der Waals surface area contributed by atoms with Crippen molar-refractivity contribution >= 4 is 27.6 Å². The van der Waals surface area contributed by atoms with Gasteiger partial charge in [0.2, 0.25) is 0 Å². The first kappa shape index (κ1) is 14.9. The van der Waals surface area contributed by atoms with Crippen molar-refractivity contribution in [3.63, 3.8) is 0 Å². The van der Waals surface area contributed by atoms with E-state index in [-0.39, 0.29) is 16.7 Å². The third-order valence-electron chi connectivity index (χ3n) is 2.45. The fourth-order valence-corrected chi connectivity index (χ4v) is 1.92. The van der Waals surface area contributed by atoms with Crippen molar-refractivity contribution in [3.8, 4) is 0 Å². The van der Waals surface area contributed by atoms with E-state index in [1.807, 2.05) is 0 Å². The lowest BCUT2D eigenvalue weighted by Gasteiger charge is -2.23. The summed E-state index contributed by atoms with van der Waals surface area (Å²) in [7, 11) is 1.29. The highest BCUT2D eigenvalue weighted by molar-refractivity contribution is 9.10. The average molecular weight is 322 g/mol. The second-order valence-electron chi connectivity index (χ2n) is 4.47. The summed E-state index contributed by atoms with van der Waals surface area (Å²) in [6.07, 6.45) is 0. The molecule has 0 heterocycles. The number of carbonyl (C=O) groups is 1. The number of benzene rings is 1. The maximum absolute atomic E-state index is 13.5. The third kappa shape index (κ3) is 3.41. The Morgan fingerprint density at radius 3 is 2.56 bits per heavy atom. The summed E-state index contributed by atoms with van der Waals surface area (Å²) in [6, 6.07) is 1.93. The largest absolute Gasteiger partial charge is 0.469 e. The Morgan fingerprint density at radius 2 is 2.06 bits per heavy atom. The van der Waals surface area contributed by atoms with Gasteiger partial charge in [0.05, 0.1) is 18.2 Å². The van der Waals surface area contributed by atoms with Gasteiger partial charge >= 0.3 is 5.97 Å². The van der Waals surface area contributed by atoms with E-state index < -0.39 is 23.0 Å². The summed E-state index contributed by atoms with van der Waals surface area (Å²) in [5.74, 6) is -1.80. The first-order chi connectivity index (χ1) is 8.27. The van der Waals surface area contributed by atoms with E-state index in [0.717, 1.165) is 12.1 Å². The molecule has 0 aromatic heterocycles. The predicted molar refractivity (Wildman–Crippen MR) is 68.3 cm³/mol. The van der Waals surface area contributed by atoms with Gasteiger partial charge in [-0.15, -0.1) is 0 Å². The maximum Gasteiger partial charge on any atom is 0.313 e. The zero-order valence-corrected chi connectivity index (χ0v) is 11.9. The van der Waals surface area contributed by atoms with E-state index in [1.165, 1.54) is 7.11 Å². The fourth-order valence-electron chi connectivity index (χ4n) is 1.37. The highest BCUT2D eigenvalue weighted by Crippen LogP contribution is 2.28. The number of rotatable bonds is 4. The maximum atomic E-state index is 13.5. The number of anilines is 1. The molecule has 0 atom stereocenters. The van der Waals surface area contributed by atoms with Crippen molar-refractivity contribution in [1.29, 1.82) is 0 Å². The van der Waals surface area contributed by atoms with E-state index >= 15 is 0 Å². The van der Waals surface area contributed by atoms with Gasteiger partial charge in [0.25, 0.3) is 0 Å². The molecule has 0 saturated carbocycles. The molecule has 0 aliphatic heterocycles. The molecule has 1 aromatic carbocycles. The van der Waals surface area contributed by atoms with Crippen molar-refractivity contribution in [1.82, 2.24) is 0 Å². The molecule has 0 radical (unpaired) electrons. The van der Waals surface area contributed by atoms with Gasteiger partial charge in [0.15, 0.2) is 0 Å². The summed E-state index contributed by atoms with van der Waals surface area (Å²) < 4.78 is 31.3. The Kier molecular flexibility index (Phi) is 4.67. The quantitative estimate of drug-likeness (QED) is 0.864. The molecule has 0 spiro atoms. The molecule has 0 aliphatic rings. The Labute approximate surface area is 113 Å². The number of ether oxygens (including phenoxy) is 1. The fraction of sp³-hybridized carbons (Fsp3) is 0.417. The summed E-state index contributed by atoms with van der Waals surface area (Å²) in [4.78, 5) is 11.5. The number of esters is 1. The number of hydrogen-bond donors (Lipinski definition) is 1. The molecule has 6 heteroatoms. The van der Waals surface area contributed by atoms with Crippen LogP contribution in [0.1, 0.15) is 13.8 Å². The normalized spacial score (nSPS) is 11.2. The Hall–Kier alpha value is -1.17. The van der Waals surface area contributed by atoms with Crippen LogP contribution < -0.4 is 5.32 Å². The van der Waals surface area contributed by atoms with Crippen LogP contribution >= 0.6 is 15.9 Å². The minimum atomic E-state index is -0.810. The highest BCUT2D eigenvalue weighted by Gasteiger charge is 2.29. The summed E-state index contributed by atoms with van der Waals surface area (Å²) in [6.45, 7) is 3.50. The molecule has 1 aromatic rings. The van der Waals surface area contributed by atoms with Gasteiger partial charge < -0.3 is 10.1 Å². The number of hydrogen-bond acceptors (Lipinski definition) is 3. The van der Waals surface area contributed by atoms with E-state index in [1.54, 1.807) is 13.8 Å². The summed E-state index contributed by atoms with van der Waals surface area (Å²) in [5.41, 5.74) is -0.692. The predicted octanol–water partition coefficient (Wildman–Crippen LogP) is 3.34. The topological polar surface area (TPSA) is 38.3 Å². The molecule has 3 nitrogen and oxygen atoms in total. The lowest BCUT2D eigenvalue weighted by molar-refractivity contribution is -0.149. The SMILES string of the molecule is COC(=O)C(C)(C)CNc1c(F)cc(F)cc1Br. The van der Waals surface area contributed by atoms with Crippen LogP contribution in [0.3, 0.4) is 0 Å². The first-order valence-corrected chi connectivity index (χ1v) is 6.04. The van der Waals surface area contributed by atoms with Crippen LogP contribution in [0.5, 0.6) is 0 Å². The molecule has 100 valence electrons.